The molecule has 2 rings (SSSR count). The van der Waals surface area contributed by atoms with Crippen molar-refractivity contribution >= 4 is 21.4 Å². The van der Waals surface area contributed by atoms with Crippen LogP contribution in [0.2, 0.25) is 0 Å². The van der Waals surface area contributed by atoms with Crippen LogP contribution < -0.4 is 4.74 Å². The molecule has 0 atom stereocenters. The molecule has 2 aromatic rings. The molecule has 2 heteroatoms. The van der Waals surface area contributed by atoms with Crippen molar-refractivity contribution in [3.8, 4) is 5.75 Å². The number of thiophene rings is 1. The molecule has 0 spiro atoms. The number of ether oxygens (including phenoxy) is 1. The molecular formula is C11H12OS. The van der Waals surface area contributed by atoms with E-state index in [1.807, 2.05) is 26.0 Å². The summed E-state index contributed by atoms with van der Waals surface area (Å²) in [4.78, 5) is 0. The number of hydrogen-bond donors (Lipinski definition) is 0. The molecule has 0 saturated heterocycles. The van der Waals surface area contributed by atoms with Crippen molar-refractivity contribution in [1.29, 1.82) is 0 Å². The van der Waals surface area contributed by atoms with Gasteiger partial charge in [0.15, 0.2) is 0 Å². The lowest BCUT2D eigenvalue weighted by molar-refractivity contribution is 0.245. The minimum Gasteiger partial charge on any atom is -0.490 e. The normalized spacial score (nSPS) is 11.0. The molecule has 13 heavy (non-hydrogen) atoms. The van der Waals surface area contributed by atoms with Gasteiger partial charge in [-0.05, 0) is 37.4 Å². The van der Waals surface area contributed by atoms with E-state index >= 15 is 0 Å². The maximum atomic E-state index is 5.69. The maximum Gasteiger partial charge on any atom is 0.128 e. The zero-order valence-corrected chi connectivity index (χ0v) is 8.60. The molecule has 0 radical (unpaired) electrons. The first-order valence-corrected chi connectivity index (χ1v) is 5.28. The maximum absolute atomic E-state index is 5.69. The summed E-state index contributed by atoms with van der Waals surface area (Å²) >= 11 is 1.75. The largest absolute Gasteiger partial charge is 0.490 e. The monoisotopic (exact) mass is 192 g/mol. The zero-order valence-electron chi connectivity index (χ0n) is 7.78. The van der Waals surface area contributed by atoms with Gasteiger partial charge in [0, 0.05) is 10.1 Å². The third-order valence-corrected chi connectivity index (χ3v) is 2.70. The van der Waals surface area contributed by atoms with E-state index in [1.165, 1.54) is 10.1 Å². The summed E-state index contributed by atoms with van der Waals surface area (Å²) in [6.07, 6.45) is 0.241. The lowest BCUT2D eigenvalue weighted by Crippen LogP contribution is -2.05. The van der Waals surface area contributed by atoms with Crippen molar-refractivity contribution in [1.82, 2.24) is 0 Å². The Bertz CT molecular complexity index is 403. The summed E-state index contributed by atoms with van der Waals surface area (Å²) in [5.74, 6) is 0.994. The fraction of sp³-hybridized carbons (Fsp3) is 0.273. The molecular weight excluding hydrogens is 180 g/mol. The zero-order chi connectivity index (χ0) is 9.26. The molecule has 0 N–H and O–H groups in total. The fourth-order valence-corrected chi connectivity index (χ4v) is 2.13. The minimum atomic E-state index is 0.241. The van der Waals surface area contributed by atoms with Crippen LogP contribution in [0.1, 0.15) is 13.8 Å². The van der Waals surface area contributed by atoms with Gasteiger partial charge in [0.2, 0.25) is 0 Å². The van der Waals surface area contributed by atoms with Crippen LogP contribution in [0, 0.1) is 0 Å². The molecule has 0 saturated carbocycles. The predicted molar refractivity (Wildman–Crippen MR) is 57.6 cm³/mol. The fourth-order valence-electron chi connectivity index (χ4n) is 1.32. The first kappa shape index (κ1) is 8.57. The minimum absolute atomic E-state index is 0.241. The average molecular weight is 192 g/mol. The predicted octanol–water partition coefficient (Wildman–Crippen LogP) is 3.69. The van der Waals surface area contributed by atoms with E-state index < -0.39 is 0 Å². The van der Waals surface area contributed by atoms with Crippen LogP contribution in [0.5, 0.6) is 5.75 Å². The topological polar surface area (TPSA) is 9.23 Å². The highest BCUT2D eigenvalue weighted by Crippen LogP contribution is 2.29. The molecule has 0 aliphatic carbocycles. The molecule has 0 bridgehead atoms. The standard InChI is InChI=1S/C11H12OS/c1-8(2)12-10-4-3-5-11-9(10)6-7-13-11/h3-8H,1-2H3. The number of rotatable bonds is 2. The van der Waals surface area contributed by atoms with Gasteiger partial charge in [0.05, 0.1) is 6.10 Å². The van der Waals surface area contributed by atoms with E-state index in [0.29, 0.717) is 0 Å². The first-order chi connectivity index (χ1) is 6.27. The van der Waals surface area contributed by atoms with E-state index in [0.717, 1.165) is 5.75 Å². The molecule has 0 amide bonds. The molecule has 1 aromatic carbocycles. The van der Waals surface area contributed by atoms with Crippen LogP contribution in [-0.2, 0) is 0 Å². The van der Waals surface area contributed by atoms with Gasteiger partial charge in [-0.15, -0.1) is 11.3 Å². The summed E-state index contributed by atoms with van der Waals surface area (Å²) in [5, 5.41) is 3.32. The second kappa shape index (κ2) is 3.38. The summed E-state index contributed by atoms with van der Waals surface area (Å²) in [6, 6.07) is 8.29. The lowest BCUT2D eigenvalue weighted by Gasteiger charge is -2.10. The highest BCUT2D eigenvalue weighted by atomic mass is 32.1. The lowest BCUT2D eigenvalue weighted by atomic mass is 10.2. The van der Waals surface area contributed by atoms with E-state index in [9.17, 15) is 0 Å². The Morgan fingerprint density at radius 3 is 2.85 bits per heavy atom. The van der Waals surface area contributed by atoms with Crippen molar-refractivity contribution in [3.05, 3.63) is 29.6 Å². The third-order valence-electron chi connectivity index (χ3n) is 1.82. The van der Waals surface area contributed by atoms with Crippen LogP contribution in [0.15, 0.2) is 29.6 Å². The number of fused-ring (bicyclic) bond motifs is 1. The van der Waals surface area contributed by atoms with Gasteiger partial charge in [-0.3, -0.25) is 0 Å². The van der Waals surface area contributed by atoms with E-state index in [-0.39, 0.29) is 6.10 Å². The number of benzene rings is 1. The van der Waals surface area contributed by atoms with E-state index in [1.54, 1.807) is 11.3 Å². The van der Waals surface area contributed by atoms with Gasteiger partial charge in [-0.1, -0.05) is 6.07 Å². The van der Waals surface area contributed by atoms with E-state index in [4.69, 9.17) is 4.74 Å². The Balaban J connectivity index is 2.48. The Kier molecular flexibility index (Phi) is 2.23. The van der Waals surface area contributed by atoms with Crippen molar-refractivity contribution in [3.63, 3.8) is 0 Å². The Labute approximate surface area is 82.0 Å². The summed E-state index contributed by atoms with van der Waals surface area (Å²) in [6.45, 7) is 4.09. The van der Waals surface area contributed by atoms with Gasteiger partial charge >= 0.3 is 0 Å². The molecule has 0 aliphatic rings. The van der Waals surface area contributed by atoms with Gasteiger partial charge in [-0.2, -0.15) is 0 Å². The Morgan fingerprint density at radius 2 is 2.08 bits per heavy atom. The summed E-state index contributed by atoms with van der Waals surface area (Å²) < 4.78 is 6.98. The van der Waals surface area contributed by atoms with Crippen LogP contribution in [0.4, 0.5) is 0 Å². The van der Waals surface area contributed by atoms with Gasteiger partial charge in [0.25, 0.3) is 0 Å². The highest BCUT2D eigenvalue weighted by molar-refractivity contribution is 7.17. The van der Waals surface area contributed by atoms with Crippen molar-refractivity contribution in [2.24, 2.45) is 0 Å². The van der Waals surface area contributed by atoms with Crippen LogP contribution in [-0.4, -0.2) is 6.10 Å². The van der Waals surface area contributed by atoms with Crippen LogP contribution in [0.3, 0.4) is 0 Å². The van der Waals surface area contributed by atoms with Crippen molar-refractivity contribution < 1.29 is 4.74 Å². The first-order valence-electron chi connectivity index (χ1n) is 4.40. The molecule has 68 valence electrons. The average Bonchev–Trinajstić information content (AvgIpc) is 2.51. The van der Waals surface area contributed by atoms with Gasteiger partial charge < -0.3 is 4.74 Å². The van der Waals surface area contributed by atoms with Crippen LogP contribution >= 0.6 is 11.3 Å². The molecule has 0 unspecified atom stereocenters. The highest BCUT2D eigenvalue weighted by Gasteiger charge is 2.03. The van der Waals surface area contributed by atoms with Gasteiger partial charge in [0.1, 0.15) is 5.75 Å². The molecule has 0 aliphatic heterocycles. The third kappa shape index (κ3) is 1.68. The summed E-state index contributed by atoms with van der Waals surface area (Å²) in [5.41, 5.74) is 0. The Hall–Kier alpha value is -1.02. The quantitative estimate of drug-likeness (QED) is 0.705. The van der Waals surface area contributed by atoms with Crippen molar-refractivity contribution in [2.75, 3.05) is 0 Å². The SMILES string of the molecule is CC(C)Oc1cccc2sccc12. The van der Waals surface area contributed by atoms with Crippen LogP contribution in [0.25, 0.3) is 10.1 Å². The van der Waals surface area contributed by atoms with E-state index in [2.05, 4.69) is 17.5 Å². The molecule has 0 fully saturated rings. The molecule has 1 aromatic heterocycles. The smallest absolute Gasteiger partial charge is 0.128 e. The second-order valence-electron chi connectivity index (χ2n) is 3.26. The van der Waals surface area contributed by atoms with Gasteiger partial charge in [-0.25, -0.2) is 0 Å². The number of hydrogen-bond acceptors (Lipinski definition) is 2. The Morgan fingerprint density at radius 1 is 1.23 bits per heavy atom. The van der Waals surface area contributed by atoms with Crippen molar-refractivity contribution in [2.45, 2.75) is 20.0 Å². The molecule has 1 heterocycles. The summed E-state index contributed by atoms with van der Waals surface area (Å²) in [7, 11) is 0. The molecule has 1 nitrogen and oxygen atoms in total. The second-order valence-corrected chi connectivity index (χ2v) is 4.20.